The predicted molar refractivity (Wildman–Crippen MR) is 67.3 cm³/mol. The zero-order chi connectivity index (χ0) is 14.5. The normalized spacial score (nSPS) is 11.6. The van der Waals surface area contributed by atoms with E-state index in [-0.39, 0.29) is 13.1 Å². The van der Waals surface area contributed by atoms with Gasteiger partial charge in [0.2, 0.25) is 11.9 Å². The maximum Gasteiger partial charge on any atom is 0.261 e. The Kier molecular flexibility index (Phi) is 5.37. The van der Waals surface area contributed by atoms with E-state index >= 15 is 0 Å². The number of sulfonamides is 1. The van der Waals surface area contributed by atoms with Gasteiger partial charge in [0.25, 0.3) is 10.0 Å². The molecule has 8 heteroatoms. The van der Waals surface area contributed by atoms with Gasteiger partial charge in [0, 0.05) is 13.6 Å². The fourth-order valence-corrected chi connectivity index (χ4v) is 2.87. The molecule has 0 atom stereocenters. The molecule has 1 N–H and O–H groups in total. The van der Waals surface area contributed by atoms with Crippen LogP contribution in [0.4, 0.5) is 4.39 Å². The molecule has 0 spiro atoms. The van der Waals surface area contributed by atoms with Crippen LogP contribution in [-0.2, 0) is 14.8 Å². The first-order valence-electron chi connectivity index (χ1n) is 5.75. The minimum Gasteiger partial charge on any atom is -0.358 e. The maximum atomic E-state index is 13.0. The highest BCUT2D eigenvalue weighted by molar-refractivity contribution is 7.89. The lowest BCUT2D eigenvalue weighted by Gasteiger charge is -2.20. The van der Waals surface area contributed by atoms with Crippen LogP contribution in [0.25, 0.3) is 0 Å². The molecule has 0 aromatic carbocycles. The topological polar surface area (TPSA) is 79.4 Å². The van der Waals surface area contributed by atoms with E-state index in [9.17, 15) is 17.6 Å². The van der Waals surface area contributed by atoms with E-state index < -0.39 is 26.9 Å². The molecule has 1 amide bonds. The predicted octanol–water partition coefficient (Wildman–Crippen LogP) is 0.367. The fraction of sp³-hybridized carbons (Fsp3) is 0.455. The van der Waals surface area contributed by atoms with Crippen molar-refractivity contribution in [2.75, 3.05) is 20.1 Å². The molecule has 0 bridgehead atoms. The molecule has 0 unspecified atom stereocenters. The quantitative estimate of drug-likeness (QED) is 0.767. The van der Waals surface area contributed by atoms with Crippen LogP contribution in [0.1, 0.15) is 13.3 Å². The van der Waals surface area contributed by atoms with Crippen molar-refractivity contribution in [1.82, 2.24) is 14.6 Å². The molecule has 1 aromatic heterocycles. The van der Waals surface area contributed by atoms with Gasteiger partial charge in [-0.3, -0.25) is 4.79 Å². The molecule has 0 aliphatic carbocycles. The molecule has 19 heavy (non-hydrogen) atoms. The number of amides is 1. The second-order valence-corrected chi connectivity index (χ2v) is 5.70. The summed E-state index contributed by atoms with van der Waals surface area (Å²) in [7, 11) is -2.55. The minimum atomic E-state index is -3.97. The number of likely N-dealkylation sites (N-methyl/N-ethyl adjacent to an activating group) is 1. The van der Waals surface area contributed by atoms with Crippen LogP contribution in [0.2, 0.25) is 0 Å². The van der Waals surface area contributed by atoms with Crippen LogP contribution in [0.3, 0.4) is 0 Å². The summed E-state index contributed by atoms with van der Waals surface area (Å²) in [5.41, 5.74) is 0. The first-order chi connectivity index (χ1) is 8.91. The molecule has 0 aliphatic rings. The first kappa shape index (κ1) is 15.5. The van der Waals surface area contributed by atoms with Crippen LogP contribution in [-0.4, -0.2) is 43.8 Å². The Morgan fingerprint density at radius 2 is 2.16 bits per heavy atom. The van der Waals surface area contributed by atoms with Gasteiger partial charge in [-0.1, -0.05) is 13.0 Å². The second-order valence-electron chi connectivity index (χ2n) is 3.81. The molecule has 0 aliphatic heterocycles. The lowest BCUT2D eigenvalue weighted by atomic mass is 10.4. The number of hydrogen-bond donors (Lipinski definition) is 1. The Balaban J connectivity index is 3.09. The zero-order valence-electron chi connectivity index (χ0n) is 10.8. The molecule has 6 nitrogen and oxygen atoms in total. The van der Waals surface area contributed by atoms with Crippen molar-refractivity contribution in [2.45, 2.75) is 18.4 Å². The molecule has 0 saturated heterocycles. The first-order valence-corrected chi connectivity index (χ1v) is 7.19. The van der Waals surface area contributed by atoms with E-state index in [2.05, 4.69) is 10.3 Å². The van der Waals surface area contributed by atoms with Gasteiger partial charge in [-0.05, 0) is 18.6 Å². The standard InChI is InChI=1S/C11H16FN3O3S/c1-3-7-15(8-10(16)13-2)19(17,18)11-6-4-5-9(12)14-11/h4-6H,3,7-8H2,1-2H3,(H,13,16). The van der Waals surface area contributed by atoms with Gasteiger partial charge in [-0.15, -0.1) is 0 Å². The zero-order valence-corrected chi connectivity index (χ0v) is 11.6. The fourth-order valence-electron chi connectivity index (χ4n) is 1.44. The lowest BCUT2D eigenvalue weighted by Crippen LogP contribution is -2.40. The number of hydrogen-bond acceptors (Lipinski definition) is 4. The lowest BCUT2D eigenvalue weighted by molar-refractivity contribution is -0.120. The third-order valence-corrected chi connectivity index (χ3v) is 4.11. The largest absolute Gasteiger partial charge is 0.358 e. The number of carbonyl (C=O) groups is 1. The highest BCUT2D eigenvalue weighted by Gasteiger charge is 2.27. The molecule has 1 rings (SSSR count). The highest BCUT2D eigenvalue weighted by atomic mass is 32.2. The summed E-state index contributed by atoms with van der Waals surface area (Å²) in [5.74, 6) is -1.31. The van der Waals surface area contributed by atoms with Crippen molar-refractivity contribution in [1.29, 1.82) is 0 Å². The van der Waals surface area contributed by atoms with Gasteiger partial charge in [-0.2, -0.15) is 8.70 Å². The van der Waals surface area contributed by atoms with Crippen molar-refractivity contribution in [2.24, 2.45) is 0 Å². The van der Waals surface area contributed by atoms with Crippen LogP contribution >= 0.6 is 0 Å². The van der Waals surface area contributed by atoms with Gasteiger partial charge in [0.15, 0.2) is 5.03 Å². The van der Waals surface area contributed by atoms with E-state index in [1.807, 2.05) is 0 Å². The molecule has 0 radical (unpaired) electrons. The summed E-state index contributed by atoms with van der Waals surface area (Å²) in [5, 5.41) is 1.95. The van der Waals surface area contributed by atoms with Crippen molar-refractivity contribution < 1.29 is 17.6 Å². The maximum absolute atomic E-state index is 13.0. The number of pyridine rings is 1. The van der Waals surface area contributed by atoms with Crippen LogP contribution in [0.15, 0.2) is 23.2 Å². The minimum absolute atomic E-state index is 0.161. The summed E-state index contributed by atoms with van der Waals surface area (Å²) in [6.45, 7) is 1.63. The Morgan fingerprint density at radius 3 is 2.68 bits per heavy atom. The summed E-state index contributed by atoms with van der Waals surface area (Å²) in [6.07, 6.45) is 0.533. The van der Waals surface area contributed by atoms with Crippen molar-refractivity contribution in [3.63, 3.8) is 0 Å². The number of halogens is 1. The second kappa shape index (κ2) is 6.58. The van der Waals surface area contributed by atoms with E-state index in [0.29, 0.717) is 6.42 Å². The van der Waals surface area contributed by atoms with Crippen molar-refractivity contribution in [3.05, 3.63) is 24.1 Å². The summed E-state index contributed by atoms with van der Waals surface area (Å²) < 4.78 is 38.5. The molecule has 1 heterocycles. The molecule has 106 valence electrons. The van der Waals surface area contributed by atoms with Gasteiger partial charge >= 0.3 is 0 Å². The smallest absolute Gasteiger partial charge is 0.261 e. The van der Waals surface area contributed by atoms with Gasteiger partial charge in [0.1, 0.15) is 0 Å². The third kappa shape index (κ3) is 3.97. The Bertz CT molecular complexity index is 548. The molecule has 1 aromatic rings. The number of nitrogens with one attached hydrogen (secondary N) is 1. The van der Waals surface area contributed by atoms with E-state index in [0.717, 1.165) is 10.4 Å². The average molecular weight is 289 g/mol. The average Bonchev–Trinajstić information content (AvgIpc) is 2.38. The summed E-state index contributed by atoms with van der Waals surface area (Å²) in [6, 6.07) is 3.52. The highest BCUT2D eigenvalue weighted by Crippen LogP contribution is 2.13. The van der Waals surface area contributed by atoms with Crippen molar-refractivity contribution in [3.8, 4) is 0 Å². The summed E-state index contributed by atoms with van der Waals surface area (Å²) in [4.78, 5) is 14.7. The van der Waals surface area contributed by atoms with Crippen LogP contribution in [0, 0.1) is 5.95 Å². The molecule has 0 fully saturated rings. The molecular formula is C11H16FN3O3S. The van der Waals surface area contributed by atoms with Crippen LogP contribution < -0.4 is 5.32 Å². The monoisotopic (exact) mass is 289 g/mol. The third-order valence-electron chi connectivity index (χ3n) is 2.37. The van der Waals surface area contributed by atoms with Gasteiger partial charge < -0.3 is 5.32 Å². The Morgan fingerprint density at radius 1 is 1.47 bits per heavy atom. The SMILES string of the molecule is CCCN(CC(=O)NC)S(=O)(=O)c1cccc(F)n1. The van der Waals surface area contributed by atoms with E-state index in [4.69, 9.17) is 0 Å². The van der Waals surface area contributed by atoms with E-state index in [1.54, 1.807) is 6.92 Å². The number of rotatable bonds is 6. The summed E-state index contributed by atoms with van der Waals surface area (Å²) >= 11 is 0. The Labute approximate surface area is 111 Å². The Hall–Kier alpha value is -1.54. The van der Waals surface area contributed by atoms with Gasteiger partial charge in [-0.25, -0.2) is 13.4 Å². The van der Waals surface area contributed by atoms with E-state index in [1.165, 1.54) is 19.2 Å². The number of carbonyl (C=O) groups excluding carboxylic acids is 1. The number of nitrogens with zero attached hydrogens (tertiary/aromatic N) is 2. The van der Waals surface area contributed by atoms with Crippen molar-refractivity contribution >= 4 is 15.9 Å². The molecular weight excluding hydrogens is 273 g/mol. The van der Waals surface area contributed by atoms with Gasteiger partial charge in [0.05, 0.1) is 6.54 Å². The van der Waals surface area contributed by atoms with Crippen LogP contribution in [0.5, 0.6) is 0 Å². The number of aromatic nitrogens is 1. The molecule has 0 saturated carbocycles.